The molecule has 12 heavy (non-hydrogen) atoms. The van der Waals surface area contributed by atoms with Crippen molar-refractivity contribution in [3.63, 3.8) is 0 Å². The first-order valence-corrected chi connectivity index (χ1v) is 3.58. The van der Waals surface area contributed by atoms with Crippen molar-refractivity contribution in [1.29, 1.82) is 0 Å². The van der Waals surface area contributed by atoms with E-state index in [1.807, 2.05) is 0 Å². The summed E-state index contributed by atoms with van der Waals surface area (Å²) in [4.78, 5) is 14.9. The molecule has 0 N–H and O–H groups in total. The molecule has 0 aliphatic rings. The van der Waals surface area contributed by atoms with Crippen molar-refractivity contribution in [3.8, 4) is 0 Å². The molecule has 0 amide bonds. The van der Waals surface area contributed by atoms with E-state index in [-0.39, 0.29) is 5.78 Å². The molecule has 0 aliphatic carbocycles. The van der Waals surface area contributed by atoms with Crippen molar-refractivity contribution in [1.82, 2.24) is 14.6 Å². The molecule has 4 nitrogen and oxygen atoms in total. The predicted molar refractivity (Wildman–Crippen MR) is 43.0 cm³/mol. The van der Waals surface area contributed by atoms with Gasteiger partial charge in [-0.25, -0.2) is 9.50 Å². The van der Waals surface area contributed by atoms with Gasteiger partial charge in [-0.2, -0.15) is 5.10 Å². The zero-order valence-electron chi connectivity index (χ0n) is 6.56. The number of rotatable bonds is 1. The summed E-state index contributed by atoms with van der Waals surface area (Å²) in [5.74, 6) is 0.0346. The molecule has 0 aromatic carbocycles. The Labute approximate surface area is 68.8 Å². The molecule has 0 fully saturated rings. The number of ketones is 1. The van der Waals surface area contributed by atoms with E-state index in [1.54, 1.807) is 22.8 Å². The highest BCUT2D eigenvalue weighted by Gasteiger charge is 2.00. The van der Waals surface area contributed by atoms with Crippen LogP contribution in [0, 0.1) is 0 Å². The van der Waals surface area contributed by atoms with Gasteiger partial charge < -0.3 is 0 Å². The summed E-state index contributed by atoms with van der Waals surface area (Å²) in [5, 5.41) is 3.92. The van der Waals surface area contributed by atoms with E-state index in [1.165, 1.54) is 13.3 Å². The zero-order chi connectivity index (χ0) is 8.55. The average Bonchev–Trinajstić information content (AvgIpc) is 2.49. The van der Waals surface area contributed by atoms with Crippen LogP contribution in [0.25, 0.3) is 5.65 Å². The minimum absolute atomic E-state index is 0.0346. The molecule has 2 aromatic rings. The van der Waals surface area contributed by atoms with Crippen LogP contribution in [0.2, 0.25) is 0 Å². The Morgan fingerprint density at radius 2 is 2.33 bits per heavy atom. The van der Waals surface area contributed by atoms with Gasteiger partial charge >= 0.3 is 0 Å². The van der Waals surface area contributed by atoms with Gasteiger partial charge in [0, 0.05) is 11.8 Å². The molecule has 0 bridgehead atoms. The van der Waals surface area contributed by atoms with E-state index >= 15 is 0 Å². The van der Waals surface area contributed by atoms with Gasteiger partial charge in [0.1, 0.15) is 6.33 Å². The zero-order valence-corrected chi connectivity index (χ0v) is 6.56. The fourth-order valence-corrected chi connectivity index (χ4v) is 1.03. The third-order valence-electron chi connectivity index (χ3n) is 1.68. The standard InChI is InChI=1S/C8H7N3O/c1-6(12)7-2-3-8-9-5-10-11(8)4-7/h2-5H,1H3. The molecule has 2 rings (SSSR count). The molecule has 0 spiro atoms. The molecule has 60 valence electrons. The maximum Gasteiger partial charge on any atom is 0.161 e. The molecule has 0 atom stereocenters. The van der Waals surface area contributed by atoms with Crippen molar-refractivity contribution in [2.75, 3.05) is 0 Å². The van der Waals surface area contributed by atoms with Crippen LogP contribution in [-0.4, -0.2) is 20.4 Å². The summed E-state index contributed by atoms with van der Waals surface area (Å²) < 4.78 is 1.58. The average molecular weight is 161 g/mol. The number of fused-ring (bicyclic) bond motifs is 1. The summed E-state index contributed by atoms with van der Waals surface area (Å²) in [6.07, 6.45) is 3.13. The third kappa shape index (κ3) is 0.972. The highest BCUT2D eigenvalue weighted by Crippen LogP contribution is 2.02. The van der Waals surface area contributed by atoms with E-state index in [2.05, 4.69) is 10.1 Å². The first-order chi connectivity index (χ1) is 5.77. The van der Waals surface area contributed by atoms with Gasteiger partial charge in [0.25, 0.3) is 0 Å². The number of hydrogen-bond acceptors (Lipinski definition) is 3. The number of aromatic nitrogens is 3. The van der Waals surface area contributed by atoms with Crippen LogP contribution in [-0.2, 0) is 0 Å². The quantitative estimate of drug-likeness (QED) is 0.584. The van der Waals surface area contributed by atoms with Gasteiger partial charge in [0.15, 0.2) is 11.4 Å². The Balaban J connectivity index is 2.68. The molecule has 0 saturated carbocycles. The number of pyridine rings is 1. The van der Waals surface area contributed by atoms with Crippen LogP contribution in [0.5, 0.6) is 0 Å². The maximum atomic E-state index is 10.9. The fraction of sp³-hybridized carbons (Fsp3) is 0.125. The van der Waals surface area contributed by atoms with Gasteiger partial charge in [-0.05, 0) is 19.1 Å². The number of nitrogens with zero attached hydrogens (tertiary/aromatic N) is 3. The van der Waals surface area contributed by atoms with Gasteiger partial charge in [0.2, 0.25) is 0 Å². The van der Waals surface area contributed by atoms with Crippen LogP contribution in [0.4, 0.5) is 0 Å². The molecule has 0 aliphatic heterocycles. The summed E-state index contributed by atoms with van der Waals surface area (Å²) in [6.45, 7) is 1.53. The lowest BCUT2D eigenvalue weighted by Gasteiger charge is -1.94. The lowest BCUT2D eigenvalue weighted by atomic mass is 10.2. The molecule has 0 unspecified atom stereocenters. The van der Waals surface area contributed by atoms with Crippen molar-refractivity contribution in [2.45, 2.75) is 6.92 Å². The Kier molecular flexibility index (Phi) is 1.40. The number of hydrogen-bond donors (Lipinski definition) is 0. The van der Waals surface area contributed by atoms with Gasteiger partial charge in [0.05, 0.1) is 0 Å². The first-order valence-electron chi connectivity index (χ1n) is 3.58. The molecule has 2 aromatic heterocycles. The third-order valence-corrected chi connectivity index (χ3v) is 1.68. The van der Waals surface area contributed by atoms with Crippen LogP contribution in [0.3, 0.4) is 0 Å². The normalized spacial score (nSPS) is 10.4. The minimum atomic E-state index is 0.0346. The number of carbonyl (C=O) groups excluding carboxylic acids is 1. The Morgan fingerprint density at radius 1 is 1.50 bits per heavy atom. The Morgan fingerprint density at radius 3 is 3.08 bits per heavy atom. The minimum Gasteiger partial charge on any atom is -0.294 e. The second-order valence-electron chi connectivity index (χ2n) is 2.54. The van der Waals surface area contributed by atoms with Crippen molar-refractivity contribution in [3.05, 3.63) is 30.2 Å². The monoisotopic (exact) mass is 161 g/mol. The summed E-state index contributed by atoms with van der Waals surface area (Å²) in [7, 11) is 0. The van der Waals surface area contributed by atoms with E-state index in [4.69, 9.17) is 0 Å². The van der Waals surface area contributed by atoms with Crippen molar-refractivity contribution >= 4 is 11.4 Å². The second-order valence-corrected chi connectivity index (χ2v) is 2.54. The second kappa shape index (κ2) is 2.41. The number of Topliss-reactive ketones (excluding diaryl/α,β-unsaturated/α-hetero) is 1. The maximum absolute atomic E-state index is 10.9. The molecule has 0 saturated heterocycles. The molecular formula is C8H7N3O. The fourth-order valence-electron chi connectivity index (χ4n) is 1.03. The Bertz CT molecular complexity index is 433. The van der Waals surface area contributed by atoms with Crippen LogP contribution >= 0.6 is 0 Å². The molecule has 0 radical (unpaired) electrons. The molecule has 2 heterocycles. The molecule has 4 heteroatoms. The predicted octanol–water partition coefficient (Wildman–Crippen LogP) is 0.932. The van der Waals surface area contributed by atoms with E-state index < -0.39 is 0 Å². The van der Waals surface area contributed by atoms with Gasteiger partial charge in [-0.15, -0.1) is 0 Å². The van der Waals surface area contributed by atoms with Crippen LogP contribution in [0.1, 0.15) is 17.3 Å². The SMILES string of the molecule is CC(=O)c1ccc2ncnn2c1. The van der Waals surface area contributed by atoms with E-state index in [0.29, 0.717) is 5.56 Å². The van der Waals surface area contributed by atoms with Crippen LogP contribution in [0.15, 0.2) is 24.7 Å². The van der Waals surface area contributed by atoms with Crippen molar-refractivity contribution < 1.29 is 4.79 Å². The summed E-state index contributed by atoms with van der Waals surface area (Å²) in [6, 6.07) is 3.51. The van der Waals surface area contributed by atoms with Crippen molar-refractivity contribution in [2.24, 2.45) is 0 Å². The van der Waals surface area contributed by atoms with Gasteiger partial charge in [-0.3, -0.25) is 4.79 Å². The molecular weight excluding hydrogens is 154 g/mol. The highest BCUT2D eigenvalue weighted by atomic mass is 16.1. The van der Waals surface area contributed by atoms with Gasteiger partial charge in [-0.1, -0.05) is 0 Å². The van der Waals surface area contributed by atoms with Crippen LogP contribution < -0.4 is 0 Å². The van der Waals surface area contributed by atoms with E-state index in [0.717, 1.165) is 5.65 Å². The van der Waals surface area contributed by atoms with E-state index in [9.17, 15) is 4.79 Å². The largest absolute Gasteiger partial charge is 0.294 e. The number of carbonyl (C=O) groups is 1. The summed E-state index contributed by atoms with van der Waals surface area (Å²) in [5.41, 5.74) is 1.40. The topological polar surface area (TPSA) is 47.3 Å². The lowest BCUT2D eigenvalue weighted by Crippen LogP contribution is -1.96. The lowest BCUT2D eigenvalue weighted by molar-refractivity contribution is 0.101. The Hall–Kier alpha value is -1.71. The first kappa shape index (κ1) is 6.97. The smallest absolute Gasteiger partial charge is 0.161 e. The highest BCUT2D eigenvalue weighted by molar-refractivity contribution is 5.93. The summed E-state index contributed by atoms with van der Waals surface area (Å²) >= 11 is 0.